The molecule has 2 heterocycles. The van der Waals surface area contributed by atoms with Crippen molar-refractivity contribution in [3.8, 4) is 0 Å². The van der Waals surface area contributed by atoms with E-state index >= 15 is 0 Å². The SMILES string of the molecule is CC(C)n1cnc(S(=O)(=O)N2CCC(C(=O)NC[C@H](C)c3ccccc3)CC2)c1. The zero-order chi connectivity index (χ0) is 21.0. The van der Waals surface area contributed by atoms with Gasteiger partial charge in [-0.05, 0) is 38.2 Å². The number of amides is 1. The van der Waals surface area contributed by atoms with Gasteiger partial charge in [0, 0.05) is 37.8 Å². The first-order chi connectivity index (χ1) is 13.8. The third-order valence-corrected chi connectivity index (χ3v) is 7.34. The molecule has 7 nitrogen and oxygen atoms in total. The van der Waals surface area contributed by atoms with E-state index in [2.05, 4.69) is 29.4 Å². The number of rotatable bonds is 7. The first-order valence-electron chi connectivity index (χ1n) is 10.2. The van der Waals surface area contributed by atoms with Crippen LogP contribution in [0.2, 0.25) is 0 Å². The molecule has 1 aliphatic heterocycles. The summed E-state index contributed by atoms with van der Waals surface area (Å²) in [7, 11) is -3.62. The van der Waals surface area contributed by atoms with Crippen LogP contribution in [-0.4, -0.2) is 47.8 Å². The second-order valence-electron chi connectivity index (χ2n) is 7.99. The summed E-state index contributed by atoms with van der Waals surface area (Å²) in [6.07, 6.45) is 4.17. The fourth-order valence-corrected chi connectivity index (χ4v) is 4.91. The zero-order valence-electron chi connectivity index (χ0n) is 17.3. The molecule has 3 rings (SSSR count). The lowest BCUT2D eigenvalue weighted by molar-refractivity contribution is -0.126. The molecule has 1 aromatic heterocycles. The Balaban J connectivity index is 1.52. The Morgan fingerprint density at radius 2 is 1.83 bits per heavy atom. The van der Waals surface area contributed by atoms with E-state index < -0.39 is 10.0 Å². The van der Waals surface area contributed by atoms with Crippen LogP contribution in [0, 0.1) is 5.92 Å². The first kappa shape index (κ1) is 21.5. The highest BCUT2D eigenvalue weighted by atomic mass is 32.2. The Morgan fingerprint density at radius 1 is 1.17 bits per heavy atom. The predicted octanol–water partition coefficient (Wildman–Crippen LogP) is 2.78. The Kier molecular flexibility index (Phi) is 6.74. The van der Waals surface area contributed by atoms with Crippen molar-refractivity contribution in [1.82, 2.24) is 19.2 Å². The number of carbonyl (C=O) groups is 1. The molecule has 0 spiro atoms. The fourth-order valence-electron chi connectivity index (χ4n) is 3.52. The maximum atomic E-state index is 12.8. The Hall–Kier alpha value is -2.19. The second kappa shape index (κ2) is 9.09. The van der Waals surface area contributed by atoms with Gasteiger partial charge >= 0.3 is 0 Å². The van der Waals surface area contributed by atoms with Crippen LogP contribution in [0.3, 0.4) is 0 Å². The summed E-state index contributed by atoms with van der Waals surface area (Å²) in [5.74, 6) is 0.0863. The number of hydrogen-bond acceptors (Lipinski definition) is 4. The quantitative estimate of drug-likeness (QED) is 0.749. The summed E-state index contributed by atoms with van der Waals surface area (Å²) >= 11 is 0. The highest BCUT2D eigenvalue weighted by Gasteiger charge is 2.33. The summed E-state index contributed by atoms with van der Waals surface area (Å²) in [4.78, 5) is 16.6. The van der Waals surface area contributed by atoms with E-state index in [0.29, 0.717) is 32.5 Å². The van der Waals surface area contributed by atoms with Crippen molar-refractivity contribution >= 4 is 15.9 Å². The van der Waals surface area contributed by atoms with Gasteiger partial charge in [-0.2, -0.15) is 4.31 Å². The molecular weight excluding hydrogens is 388 g/mol. The van der Waals surface area contributed by atoms with Gasteiger partial charge in [0.2, 0.25) is 5.91 Å². The van der Waals surface area contributed by atoms with Crippen LogP contribution in [0.1, 0.15) is 51.1 Å². The molecular formula is C21H30N4O3S. The smallest absolute Gasteiger partial charge is 0.262 e. The molecule has 0 unspecified atom stereocenters. The number of benzene rings is 1. The molecule has 0 aliphatic carbocycles. The largest absolute Gasteiger partial charge is 0.355 e. The van der Waals surface area contributed by atoms with E-state index in [-0.39, 0.29) is 28.8 Å². The van der Waals surface area contributed by atoms with Gasteiger partial charge in [-0.15, -0.1) is 0 Å². The molecule has 1 fully saturated rings. The van der Waals surface area contributed by atoms with Crippen molar-refractivity contribution in [2.45, 2.75) is 50.6 Å². The normalized spacial score (nSPS) is 17.4. The molecule has 1 aromatic carbocycles. The average molecular weight is 419 g/mol. The second-order valence-corrected chi connectivity index (χ2v) is 9.87. The van der Waals surface area contributed by atoms with E-state index in [1.54, 1.807) is 17.1 Å². The number of carbonyl (C=O) groups excluding carboxylic acids is 1. The average Bonchev–Trinajstić information content (AvgIpc) is 3.24. The van der Waals surface area contributed by atoms with Gasteiger partial charge in [0.25, 0.3) is 10.0 Å². The summed E-state index contributed by atoms with van der Waals surface area (Å²) in [6, 6.07) is 10.2. The number of piperidine rings is 1. The van der Waals surface area contributed by atoms with E-state index in [9.17, 15) is 13.2 Å². The zero-order valence-corrected chi connectivity index (χ0v) is 18.1. The van der Waals surface area contributed by atoms with Gasteiger partial charge in [-0.25, -0.2) is 13.4 Å². The van der Waals surface area contributed by atoms with Crippen LogP contribution in [0.5, 0.6) is 0 Å². The summed E-state index contributed by atoms with van der Waals surface area (Å²) < 4.78 is 28.9. The summed E-state index contributed by atoms with van der Waals surface area (Å²) in [5, 5.41) is 3.10. The lowest BCUT2D eigenvalue weighted by atomic mass is 9.96. The number of imidazole rings is 1. The van der Waals surface area contributed by atoms with Gasteiger partial charge in [0.1, 0.15) is 0 Å². The lowest BCUT2D eigenvalue weighted by Gasteiger charge is -2.30. The minimum absolute atomic E-state index is 0.00825. The van der Waals surface area contributed by atoms with E-state index in [0.717, 1.165) is 0 Å². The third-order valence-electron chi connectivity index (χ3n) is 5.55. The van der Waals surface area contributed by atoms with Gasteiger partial charge in [-0.3, -0.25) is 4.79 Å². The van der Waals surface area contributed by atoms with Gasteiger partial charge in [0.15, 0.2) is 5.03 Å². The fraction of sp³-hybridized carbons (Fsp3) is 0.524. The molecule has 1 saturated heterocycles. The molecule has 1 aliphatic rings. The first-order valence-corrected chi connectivity index (χ1v) is 11.6. The van der Waals surface area contributed by atoms with Crippen LogP contribution in [0.4, 0.5) is 0 Å². The third kappa shape index (κ3) is 5.05. The van der Waals surface area contributed by atoms with Crippen molar-refractivity contribution in [2.75, 3.05) is 19.6 Å². The maximum absolute atomic E-state index is 12.8. The van der Waals surface area contributed by atoms with Gasteiger partial charge in [-0.1, -0.05) is 37.3 Å². The molecule has 29 heavy (non-hydrogen) atoms. The number of nitrogens with zero attached hydrogens (tertiary/aromatic N) is 3. The van der Waals surface area contributed by atoms with E-state index in [1.807, 2.05) is 32.0 Å². The van der Waals surface area contributed by atoms with Crippen molar-refractivity contribution in [1.29, 1.82) is 0 Å². The maximum Gasteiger partial charge on any atom is 0.262 e. The molecule has 1 amide bonds. The molecule has 0 saturated carbocycles. The highest BCUT2D eigenvalue weighted by Crippen LogP contribution is 2.24. The van der Waals surface area contributed by atoms with Crippen LogP contribution < -0.4 is 5.32 Å². The Bertz CT molecular complexity index is 916. The molecule has 158 valence electrons. The number of sulfonamides is 1. The molecule has 8 heteroatoms. The number of hydrogen-bond donors (Lipinski definition) is 1. The van der Waals surface area contributed by atoms with Crippen LogP contribution in [0.25, 0.3) is 0 Å². The Labute approximate surface area is 173 Å². The molecule has 2 aromatic rings. The van der Waals surface area contributed by atoms with Crippen molar-refractivity contribution in [3.63, 3.8) is 0 Å². The van der Waals surface area contributed by atoms with Crippen molar-refractivity contribution in [2.24, 2.45) is 5.92 Å². The number of nitrogens with one attached hydrogen (secondary N) is 1. The number of aromatic nitrogens is 2. The van der Waals surface area contributed by atoms with Crippen molar-refractivity contribution < 1.29 is 13.2 Å². The van der Waals surface area contributed by atoms with Crippen LogP contribution >= 0.6 is 0 Å². The summed E-state index contributed by atoms with van der Waals surface area (Å²) in [6.45, 7) is 7.28. The van der Waals surface area contributed by atoms with E-state index in [1.165, 1.54) is 9.87 Å². The van der Waals surface area contributed by atoms with Gasteiger partial charge in [0.05, 0.1) is 6.33 Å². The standard InChI is InChI=1S/C21H30N4O3S/c1-16(2)24-14-20(23-15-24)29(27,28)25-11-9-19(10-12-25)21(26)22-13-17(3)18-7-5-4-6-8-18/h4-8,14-17,19H,9-13H2,1-3H3,(H,22,26)/t17-/m0/s1. The predicted molar refractivity (Wildman–Crippen MR) is 112 cm³/mol. The van der Waals surface area contributed by atoms with E-state index in [4.69, 9.17) is 0 Å². The molecule has 0 bridgehead atoms. The summed E-state index contributed by atoms with van der Waals surface area (Å²) in [5.41, 5.74) is 1.19. The Morgan fingerprint density at radius 3 is 2.41 bits per heavy atom. The van der Waals surface area contributed by atoms with Crippen LogP contribution in [-0.2, 0) is 14.8 Å². The van der Waals surface area contributed by atoms with Crippen LogP contribution in [0.15, 0.2) is 47.9 Å². The van der Waals surface area contributed by atoms with Crippen molar-refractivity contribution in [3.05, 3.63) is 48.4 Å². The molecule has 1 N–H and O–H groups in total. The monoisotopic (exact) mass is 418 g/mol. The highest BCUT2D eigenvalue weighted by molar-refractivity contribution is 7.89. The minimum Gasteiger partial charge on any atom is -0.355 e. The topological polar surface area (TPSA) is 84.3 Å². The lowest BCUT2D eigenvalue weighted by Crippen LogP contribution is -2.43. The molecule has 1 atom stereocenters. The molecule has 0 radical (unpaired) electrons. The minimum atomic E-state index is -3.62. The van der Waals surface area contributed by atoms with Gasteiger partial charge < -0.3 is 9.88 Å².